The molecule has 0 saturated heterocycles. The van der Waals surface area contributed by atoms with E-state index >= 15 is 0 Å². The zero-order valence-corrected chi connectivity index (χ0v) is 16.5. The van der Waals surface area contributed by atoms with Crippen molar-refractivity contribution in [3.8, 4) is 11.4 Å². The van der Waals surface area contributed by atoms with Crippen molar-refractivity contribution in [3.05, 3.63) is 75.7 Å². The first-order chi connectivity index (χ1) is 13.9. The summed E-state index contributed by atoms with van der Waals surface area (Å²) in [4.78, 5) is 27.6. The van der Waals surface area contributed by atoms with Gasteiger partial charge in [0.05, 0.1) is 4.92 Å². The van der Waals surface area contributed by atoms with Crippen LogP contribution < -0.4 is 5.32 Å². The molecule has 0 aliphatic heterocycles. The standard InChI is InChI=1S/C21H22N4O4/c1-4-14(3)18(22-20(26)15-10-8-13(2)9-11-15)21-23-19(24-29-21)16-6-5-7-17(12-16)25(27)28/h5-12,14,18H,4H2,1-3H3,(H,22,26)/t14-,18+/m1/s1. The highest BCUT2D eigenvalue weighted by atomic mass is 16.6. The fourth-order valence-electron chi connectivity index (χ4n) is 2.85. The zero-order chi connectivity index (χ0) is 21.0. The van der Waals surface area contributed by atoms with Crippen molar-refractivity contribution in [1.82, 2.24) is 15.5 Å². The van der Waals surface area contributed by atoms with Crippen LogP contribution in [0.5, 0.6) is 0 Å². The molecule has 0 aliphatic rings. The lowest BCUT2D eigenvalue weighted by molar-refractivity contribution is -0.384. The number of hydrogen-bond acceptors (Lipinski definition) is 6. The van der Waals surface area contributed by atoms with Gasteiger partial charge in [-0.15, -0.1) is 0 Å². The van der Waals surface area contributed by atoms with Crippen molar-refractivity contribution >= 4 is 11.6 Å². The molecule has 150 valence electrons. The lowest BCUT2D eigenvalue weighted by Crippen LogP contribution is -2.32. The summed E-state index contributed by atoms with van der Waals surface area (Å²) in [5.41, 5.74) is 2.03. The number of nitrogens with one attached hydrogen (secondary N) is 1. The number of aromatic nitrogens is 2. The number of carbonyl (C=O) groups excluding carboxylic acids is 1. The number of amides is 1. The molecule has 0 unspecified atom stereocenters. The average molecular weight is 394 g/mol. The van der Waals surface area contributed by atoms with Gasteiger partial charge in [-0.2, -0.15) is 4.98 Å². The van der Waals surface area contributed by atoms with E-state index in [0.717, 1.165) is 12.0 Å². The van der Waals surface area contributed by atoms with E-state index in [0.29, 0.717) is 11.1 Å². The summed E-state index contributed by atoms with van der Waals surface area (Å²) < 4.78 is 5.41. The van der Waals surface area contributed by atoms with Crippen LogP contribution in [0.15, 0.2) is 53.1 Å². The third-order valence-corrected chi connectivity index (χ3v) is 4.84. The molecule has 1 N–H and O–H groups in total. The van der Waals surface area contributed by atoms with E-state index in [1.54, 1.807) is 24.3 Å². The Balaban J connectivity index is 1.86. The molecule has 3 rings (SSSR count). The molecule has 2 aromatic carbocycles. The van der Waals surface area contributed by atoms with Crippen LogP contribution in [0, 0.1) is 23.0 Å². The molecule has 1 aromatic heterocycles. The molecule has 1 amide bonds. The molecule has 2 atom stereocenters. The summed E-state index contributed by atoms with van der Waals surface area (Å²) in [6.07, 6.45) is 0.785. The summed E-state index contributed by atoms with van der Waals surface area (Å²) in [5, 5.41) is 17.9. The monoisotopic (exact) mass is 394 g/mol. The highest BCUT2D eigenvalue weighted by Crippen LogP contribution is 2.27. The van der Waals surface area contributed by atoms with Gasteiger partial charge in [-0.25, -0.2) is 0 Å². The molecule has 8 heteroatoms. The van der Waals surface area contributed by atoms with Gasteiger partial charge in [0.1, 0.15) is 6.04 Å². The first kappa shape index (κ1) is 20.2. The zero-order valence-electron chi connectivity index (χ0n) is 16.5. The predicted molar refractivity (Wildman–Crippen MR) is 107 cm³/mol. The Morgan fingerprint density at radius 2 is 1.97 bits per heavy atom. The van der Waals surface area contributed by atoms with Crippen LogP contribution >= 0.6 is 0 Å². The Hall–Kier alpha value is -3.55. The van der Waals surface area contributed by atoms with Gasteiger partial charge in [-0.1, -0.05) is 55.3 Å². The van der Waals surface area contributed by atoms with Crippen LogP contribution in [0.4, 0.5) is 5.69 Å². The van der Waals surface area contributed by atoms with Crippen LogP contribution in [0.2, 0.25) is 0 Å². The van der Waals surface area contributed by atoms with Crippen molar-refractivity contribution in [2.45, 2.75) is 33.2 Å². The normalized spacial score (nSPS) is 12.9. The van der Waals surface area contributed by atoms with E-state index in [4.69, 9.17) is 4.52 Å². The molecule has 0 bridgehead atoms. The van der Waals surface area contributed by atoms with Gasteiger partial charge in [-0.3, -0.25) is 14.9 Å². The van der Waals surface area contributed by atoms with Gasteiger partial charge in [0, 0.05) is 23.3 Å². The number of carbonyl (C=O) groups is 1. The van der Waals surface area contributed by atoms with Gasteiger partial charge in [-0.05, 0) is 25.0 Å². The SMILES string of the molecule is CC[C@@H](C)[C@H](NC(=O)c1ccc(C)cc1)c1nc(-c2cccc([N+](=O)[O-])c2)no1. The Morgan fingerprint density at radius 1 is 1.24 bits per heavy atom. The minimum absolute atomic E-state index is 0.0443. The smallest absolute Gasteiger partial charge is 0.270 e. The van der Waals surface area contributed by atoms with Gasteiger partial charge < -0.3 is 9.84 Å². The maximum atomic E-state index is 12.7. The summed E-state index contributed by atoms with van der Waals surface area (Å²) in [5.74, 6) is 0.316. The fourth-order valence-corrected chi connectivity index (χ4v) is 2.85. The second-order valence-electron chi connectivity index (χ2n) is 6.97. The summed E-state index contributed by atoms with van der Waals surface area (Å²) in [6, 6.07) is 12.8. The highest BCUT2D eigenvalue weighted by molar-refractivity contribution is 5.94. The molecule has 0 fully saturated rings. The van der Waals surface area contributed by atoms with Crippen molar-refractivity contribution in [2.75, 3.05) is 0 Å². The minimum atomic E-state index is -0.478. The number of nitrogens with zero attached hydrogens (tertiary/aromatic N) is 3. The van der Waals surface area contributed by atoms with Gasteiger partial charge in [0.25, 0.3) is 11.6 Å². The van der Waals surface area contributed by atoms with E-state index in [1.807, 2.05) is 32.9 Å². The largest absolute Gasteiger partial charge is 0.340 e. The highest BCUT2D eigenvalue weighted by Gasteiger charge is 2.27. The number of rotatable bonds is 7. The molecule has 0 radical (unpaired) electrons. The number of hydrogen-bond donors (Lipinski definition) is 1. The molecule has 29 heavy (non-hydrogen) atoms. The molecule has 8 nitrogen and oxygen atoms in total. The van der Waals surface area contributed by atoms with Crippen molar-refractivity contribution < 1.29 is 14.2 Å². The number of non-ortho nitro benzene ring substituents is 1. The van der Waals surface area contributed by atoms with Crippen molar-refractivity contribution in [1.29, 1.82) is 0 Å². The second kappa shape index (κ2) is 8.64. The first-order valence-corrected chi connectivity index (χ1v) is 9.35. The third kappa shape index (κ3) is 4.66. The van der Waals surface area contributed by atoms with E-state index in [9.17, 15) is 14.9 Å². The maximum Gasteiger partial charge on any atom is 0.270 e. The number of aryl methyl sites for hydroxylation is 1. The summed E-state index contributed by atoms with van der Waals surface area (Å²) in [6.45, 7) is 5.95. The Kier molecular flexibility index (Phi) is 6.01. The molecule has 0 saturated carbocycles. The van der Waals surface area contributed by atoms with E-state index in [-0.39, 0.29) is 29.2 Å². The first-order valence-electron chi connectivity index (χ1n) is 9.35. The van der Waals surface area contributed by atoms with Crippen LogP contribution in [0.1, 0.15) is 48.1 Å². The molecule has 3 aromatic rings. The minimum Gasteiger partial charge on any atom is -0.340 e. The van der Waals surface area contributed by atoms with Crippen LogP contribution in [0.25, 0.3) is 11.4 Å². The summed E-state index contributed by atoms with van der Waals surface area (Å²) in [7, 11) is 0. The second-order valence-corrected chi connectivity index (χ2v) is 6.97. The Bertz CT molecular complexity index is 1010. The number of benzene rings is 2. The Morgan fingerprint density at radius 3 is 2.62 bits per heavy atom. The van der Waals surface area contributed by atoms with Crippen molar-refractivity contribution in [2.24, 2.45) is 5.92 Å². The van der Waals surface area contributed by atoms with E-state index < -0.39 is 11.0 Å². The van der Waals surface area contributed by atoms with E-state index in [1.165, 1.54) is 12.1 Å². The molecule has 1 heterocycles. The van der Waals surface area contributed by atoms with Crippen LogP contribution in [0.3, 0.4) is 0 Å². The molecular formula is C21H22N4O4. The average Bonchev–Trinajstić information content (AvgIpc) is 3.21. The molecular weight excluding hydrogens is 372 g/mol. The van der Waals surface area contributed by atoms with Gasteiger partial charge in [0.2, 0.25) is 11.7 Å². The number of nitro benzene ring substituents is 1. The lowest BCUT2D eigenvalue weighted by atomic mass is 9.98. The van der Waals surface area contributed by atoms with Crippen LogP contribution in [-0.4, -0.2) is 21.0 Å². The topological polar surface area (TPSA) is 111 Å². The third-order valence-electron chi connectivity index (χ3n) is 4.84. The number of nitro groups is 1. The quantitative estimate of drug-likeness (QED) is 0.467. The fraction of sp³-hybridized carbons (Fsp3) is 0.286. The summed E-state index contributed by atoms with van der Waals surface area (Å²) >= 11 is 0. The van der Waals surface area contributed by atoms with E-state index in [2.05, 4.69) is 15.5 Å². The van der Waals surface area contributed by atoms with Gasteiger partial charge in [0.15, 0.2) is 0 Å². The van der Waals surface area contributed by atoms with Gasteiger partial charge >= 0.3 is 0 Å². The van der Waals surface area contributed by atoms with Crippen molar-refractivity contribution in [3.63, 3.8) is 0 Å². The molecule has 0 aliphatic carbocycles. The predicted octanol–water partition coefficient (Wildman–Crippen LogP) is 4.47. The maximum absolute atomic E-state index is 12.7. The Labute approximate surface area is 168 Å². The van der Waals surface area contributed by atoms with Crippen LogP contribution in [-0.2, 0) is 0 Å². The lowest BCUT2D eigenvalue weighted by Gasteiger charge is -2.20. The molecule has 0 spiro atoms.